The summed E-state index contributed by atoms with van der Waals surface area (Å²) in [4.78, 5) is 51.5. The number of ether oxygens (including phenoxy) is 19. The maximum Gasteiger partial charge on any atom is 0.217 e. The summed E-state index contributed by atoms with van der Waals surface area (Å²) in [5, 5.41) is 309. The Morgan fingerprint density at radius 3 is 0.910 bits per heavy atom. The van der Waals surface area contributed by atoms with Crippen LogP contribution in [0.4, 0.5) is 0 Å². The highest BCUT2D eigenvalue weighted by Gasteiger charge is 2.61. The molecule has 54 heteroatoms. The maximum atomic E-state index is 13.2. The van der Waals surface area contributed by atoms with Crippen molar-refractivity contribution in [2.75, 3.05) is 59.5 Å². The van der Waals surface area contributed by atoms with Gasteiger partial charge in [-0.3, -0.25) is 19.2 Å². The van der Waals surface area contributed by atoms with Gasteiger partial charge in [0.25, 0.3) is 0 Å². The van der Waals surface area contributed by atoms with Crippen molar-refractivity contribution in [2.45, 2.75) is 341 Å². The van der Waals surface area contributed by atoms with Crippen molar-refractivity contribution in [1.29, 1.82) is 0 Å². The Hall–Kier alpha value is -3.96. The number of amides is 4. The highest BCUT2D eigenvalue weighted by Crippen LogP contribution is 2.40. The molecule has 0 radical (unpaired) electrons. The molecular weight excluding hydrogens is 1670 g/mol. The Bertz CT molecular complexity index is 3280. The van der Waals surface area contributed by atoms with Crippen molar-refractivity contribution in [1.82, 2.24) is 21.3 Å². The molecular formula is C68H114N4O50. The molecule has 10 aliphatic rings. The first kappa shape index (κ1) is 100. The van der Waals surface area contributed by atoms with Gasteiger partial charge in [0.1, 0.15) is 238 Å². The summed E-state index contributed by atoms with van der Waals surface area (Å²) < 4.78 is 112. The van der Waals surface area contributed by atoms with Gasteiger partial charge in [0.2, 0.25) is 23.6 Å². The second-order valence-electron chi connectivity index (χ2n) is 31.0. The van der Waals surface area contributed by atoms with Gasteiger partial charge in [-0.05, 0) is 6.92 Å². The van der Waals surface area contributed by atoms with Crippen molar-refractivity contribution >= 4 is 23.6 Å². The van der Waals surface area contributed by atoms with Gasteiger partial charge in [0.15, 0.2) is 62.9 Å². The third-order valence-corrected chi connectivity index (χ3v) is 22.4. The van der Waals surface area contributed by atoms with Crippen molar-refractivity contribution < 1.29 is 247 Å². The van der Waals surface area contributed by atoms with E-state index in [2.05, 4.69) is 21.3 Å². The minimum atomic E-state index is -2.52. The summed E-state index contributed by atoms with van der Waals surface area (Å²) in [6, 6.07) is -7.54. The van der Waals surface area contributed by atoms with Crippen molar-refractivity contribution in [3.8, 4) is 0 Å². The molecule has 0 spiro atoms. The number of rotatable bonds is 31. The standard InChI is InChI=1S/C68H114N4O50/c1-15-33(83)43(93)48(98)63(107-15)105-14-28-56(39(89)29(59(103)108-28)69-16(2)79)117-61-31(71-18(4)81)41(91)55(25(11-78)113-61)120-67-52(102)57(121-66-51(101)46(96)36(86)22(8-75)111-66)38(88)27(115-67)13-106-68-58(122-62-32(72-19(5)82)42(92)54(24(10-77)114-62)119-65-50(100)45(95)35(85)21(7-74)110-65)47(97)37(87)26(116-68)12-104-60-30(70-17(3)80)40(90)53(23(9-76)112-60)118-64-49(99)44(94)34(84)20(6-73)109-64/h15,20-68,73-78,83-103H,6-14H2,1-5H3,(H,69,79)(H,70,80)(H,71,81)(H,72,82)/t15-,20-,21-,22-,23-,24-,25-,26-,27-,28-,29-,30-,31-,32-,33+,34+,35+,36-,37-,38-,39-,40-,41-,42-,43+,44+,45+,46+,47+,48-,49-,50-,51+,52+,53-,54-,55-,56-,57+,58+,59-,60-,61+,62+,63+,64+,65+,66-,67+,68+/m1/s1. The molecule has 50 atom stereocenters. The molecule has 10 heterocycles. The molecule has 54 nitrogen and oxygen atoms in total. The Morgan fingerprint density at radius 2 is 0.500 bits per heavy atom. The molecule has 10 saturated heterocycles. The molecule has 0 saturated carbocycles. The molecule has 0 bridgehead atoms. The molecule has 10 fully saturated rings. The van der Waals surface area contributed by atoms with E-state index in [0.717, 1.165) is 27.7 Å². The summed E-state index contributed by atoms with van der Waals surface area (Å²) in [5.74, 6) is -3.69. The molecule has 0 aromatic rings. The number of hydrogen-bond donors (Lipinski definition) is 31. The zero-order valence-electron chi connectivity index (χ0n) is 65.7. The Morgan fingerprint density at radius 1 is 0.230 bits per heavy atom. The molecule has 4 amide bonds. The van der Waals surface area contributed by atoms with E-state index in [4.69, 9.17) is 90.0 Å². The fraction of sp³-hybridized carbons (Fsp3) is 0.941. The van der Waals surface area contributed by atoms with E-state index < -0.39 is 390 Å². The van der Waals surface area contributed by atoms with Gasteiger partial charge < -0.3 is 249 Å². The molecule has 0 aromatic heterocycles. The van der Waals surface area contributed by atoms with Gasteiger partial charge in [0, 0.05) is 27.7 Å². The predicted molar refractivity (Wildman–Crippen MR) is 375 cm³/mol. The minimum Gasteiger partial charge on any atom is -0.394 e. The highest BCUT2D eigenvalue weighted by atomic mass is 16.8. The van der Waals surface area contributed by atoms with Gasteiger partial charge in [-0.15, -0.1) is 0 Å². The molecule has 122 heavy (non-hydrogen) atoms. The SMILES string of the molecule is CC(=O)N[C@@H]1[C@@H](O)[C@H](O[C@@H]2O[C@H](CO)[C@@H](O[C@@H]3O[C@H](CO[C@H]4O[C@H](CO[C@@H]5O[C@H](CO)[C@@H](O[C@@H]6O[C@H](CO)[C@H](O)[C@H](O)[C@H]6O)[C@H](O)[C@H]5NC(C)=O)[C@@H](O)[C@H](O)[C@@H]4O[C@@H]4O[C@H](CO)[C@@H](O[C@@H]5O[C@H](CO)[C@H](O)[C@H](O)[C@H]5O)[C@H](O)[C@H]4NC(C)=O)[C@@H](O)[C@H](O[C@H]4O[C@H](CO)[C@@H](O)[C@H](O)[C@@H]4O)[C@@H]3O)[C@H](O)[C@H]2NC(C)=O)[C@@H](CO[C@H]2O[C@H](C)[C@H](O)[C@H](O)[C@H]2O)O[C@H]1O. The Kier molecular flexibility index (Phi) is 35.8. The summed E-state index contributed by atoms with van der Waals surface area (Å²) in [7, 11) is 0. The topological polar surface area (TPSA) is 838 Å². The van der Waals surface area contributed by atoms with Crippen LogP contribution in [0.5, 0.6) is 0 Å². The summed E-state index contributed by atoms with van der Waals surface area (Å²) >= 11 is 0. The second-order valence-corrected chi connectivity index (χ2v) is 31.0. The van der Waals surface area contributed by atoms with Crippen LogP contribution in [0.2, 0.25) is 0 Å². The second kappa shape index (κ2) is 43.6. The van der Waals surface area contributed by atoms with Crippen molar-refractivity contribution in [3.05, 3.63) is 0 Å². The zero-order chi connectivity index (χ0) is 89.8. The number of aliphatic hydroxyl groups excluding tert-OH is 27. The highest BCUT2D eigenvalue weighted by molar-refractivity contribution is 5.74. The fourth-order valence-corrected chi connectivity index (χ4v) is 15.7. The van der Waals surface area contributed by atoms with Gasteiger partial charge in [0.05, 0.1) is 65.6 Å². The summed E-state index contributed by atoms with van der Waals surface area (Å²) in [5.41, 5.74) is 0. The van der Waals surface area contributed by atoms with E-state index in [9.17, 15) is 157 Å². The first-order valence-corrected chi connectivity index (χ1v) is 39.0. The quantitative estimate of drug-likeness (QED) is 0.0306. The Labute approximate surface area is 691 Å². The lowest BCUT2D eigenvalue weighted by Crippen LogP contribution is -2.70. The van der Waals surface area contributed by atoms with E-state index in [1.54, 1.807) is 0 Å². The van der Waals surface area contributed by atoms with Crippen LogP contribution in [0.3, 0.4) is 0 Å². The van der Waals surface area contributed by atoms with Crippen LogP contribution in [0.15, 0.2) is 0 Å². The predicted octanol–water partition coefficient (Wildman–Crippen LogP) is -21.2. The fourth-order valence-electron chi connectivity index (χ4n) is 15.7. The van der Waals surface area contributed by atoms with Crippen LogP contribution in [-0.2, 0) is 109 Å². The van der Waals surface area contributed by atoms with Crippen LogP contribution in [0.25, 0.3) is 0 Å². The Balaban J connectivity index is 0.970. The maximum absolute atomic E-state index is 13.2. The minimum absolute atomic E-state index is 0.836. The smallest absolute Gasteiger partial charge is 0.217 e. The van der Waals surface area contributed by atoms with Gasteiger partial charge in [-0.2, -0.15) is 0 Å². The first-order chi connectivity index (χ1) is 57.6. The molecule has 10 rings (SSSR count). The molecule has 31 N–H and O–H groups in total. The third-order valence-electron chi connectivity index (χ3n) is 22.4. The van der Waals surface area contributed by atoms with E-state index in [0.29, 0.717) is 0 Å². The normalized spacial score (nSPS) is 49.7. The molecule has 0 unspecified atom stereocenters. The van der Waals surface area contributed by atoms with Crippen molar-refractivity contribution in [3.63, 3.8) is 0 Å². The number of carbonyl (C=O) groups is 4. The number of hydrogen-bond acceptors (Lipinski definition) is 50. The van der Waals surface area contributed by atoms with Crippen LogP contribution in [-0.4, -0.2) is 528 Å². The number of carbonyl (C=O) groups excluding carboxylic acids is 4. The number of nitrogens with one attached hydrogen (secondary N) is 4. The van der Waals surface area contributed by atoms with Gasteiger partial charge in [-0.25, -0.2) is 0 Å². The first-order valence-electron chi connectivity index (χ1n) is 39.0. The van der Waals surface area contributed by atoms with E-state index in [1.165, 1.54) is 6.92 Å². The van der Waals surface area contributed by atoms with Crippen LogP contribution >= 0.6 is 0 Å². The molecule has 0 aliphatic carbocycles. The monoisotopic (exact) mass is 1790 g/mol. The largest absolute Gasteiger partial charge is 0.394 e. The lowest BCUT2D eigenvalue weighted by atomic mass is 9.93. The van der Waals surface area contributed by atoms with E-state index in [1.807, 2.05) is 0 Å². The lowest BCUT2D eigenvalue weighted by Gasteiger charge is -2.50. The zero-order valence-corrected chi connectivity index (χ0v) is 65.7. The lowest BCUT2D eigenvalue weighted by molar-refractivity contribution is -0.390. The van der Waals surface area contributed by atoms with Crippen molar-refractivity contribution in [2.24, 2.45) is 0 Å². The molecule has 10 aliphatic heterocycles. The third kappa shape index (κ3) is 22.2. The van der Waals surface area contributed by atoms with Gasteiger partial charge >= 0.3 is 0 Å². The average Bonchev–Trinajstić information content (AvgIpc) is 0.767. The van der Waals surface area contributed by atoms with E-state index >= 15 is 0 Å². The van der Waals surface area contributed by atoms with E-state index in [-0.39, 0.29) is 0 Å². The van der Waals surface area contributed by atoms with Gasteiger partial charge in [-0.1, -0.05) is 0 Å². The molecule has 706 valence electrons. The summed E-state index contributed by atoms with van der Waals surface area (Å²) in [6.45, 7) is -4.55. The average molecular weight is 1790 g/mol. The molecule has 0 aromatic carbocycles. The van der Waals surface area contributed by atoms with Crippen LogP contribution in [0, 0.1) is 0 Å². The number of aliphatic hydroxyl groups is 27. The van der Waals surface area contributed by atoms with Crippen LogP contribution < -0.4 is 21.3 Å². The summed E-state index contributed by atoms with van der Waals surface area (Å²) in [6.07, 6.45) is -94.1. The van der Waals surface area contributed by atoms with Crippen LogP contribution in [0.1, 0.15) is 34.6 Å².